The first-order valence-electron chi connectivity index (χ1n) is 6.23. The number of aliphatic hydroxyl groups excluding tert-OH is 1. The Bertz CT molecular complexity index is 589. The van der Waals surface area contributed by atoms with E-state index < -0.39 is 6.10 Å². The molecule has 1 atom stereocenters. The lowest BCUT2D eigenvalue weighted by atomic mass is 9.89. The molecule has 2 aromatic rings. The molecule has 0 fully saturated rings. The molecule has 0 amide bonds. The summed E-state index contributed by atoms with van der Waals surface area (Å²) >= 11 is 4.45. The number of nitrogens with zero attached hydrogens (tertiary/aromatic N) is 2. The average Bonchev–Trinajstić information content (AvgIpc) is 2.75. The van der Waals surface area contributed by atoms with Gasteiger partial charge in [0.05, 0.1) is 16.7 Å². The minimum atomic E-state index is -0.724. The van der Waals surface area contributed by atoms with E-state index in [1.165, 1.54) is 23.7 Å². The second-order valence-corrected chi connectivity index (χ2v) is 7.43. The summed E-state index contributed by atoms with van der Waals surface area (Å²) in [7, 11) is 0. The van der Waals surface area contributed by atoms with Gasteiger partial charge in [-0.1, -0.05) is 41.2 Å². The van der Waals surface area contributed by atoms with Crippen LogP contribution in [0.3, 0.4) is 0 Å². The Morgan fingerprint density at radius 1 is 1.35 bits per heavy atom. The first-order valence-corrected chi connectivity index (χ1v) is 7.80. The van der Waals surface area contributed by atoms with Crippen molar-refractivity contribution in [1.82, 2.24) is 9.59 Å². The van der Waals surface area contributed by atoms with Crippen molar-refractivity contribution in [3.8, 4) is 0 Å². The van der Waals surface area contributed by atoms with E-state index in [9.17, 15) is 9.50 Å². The van der Waals surface area contributed by atoms with Crippen molar-refractivity contribution in [3.05, 3.63) is 44.6 Å². The highest BCUT2D eigenvalue weighted by Crippen LogP contribution is 2.32. The number of aliphatic hydroxyl groups is 1. The first-order chi connectivity index (χ1) is 9.27. The molecule has 0 radical (unpaired) electrons. The number of hydrogen-bond donors (Lipinski definition) is 1. The van der Waals surface area contributed by atoms with Crippen molar-refractivity contribution >= 4 is 27.5 Å². The van der Waals surface area contributed by atoms with Crippen LogP contribution in [0.25, 0.3) is 0 Å². The molecular weight excluding hydrogens is 343 g/mol. The van der Waals surface area contributed by atoms with Crippen LogP contribution in [0.4, 0.5) is 4.39 Å². The highest BCUT2D eigenvalue weighted by molar-refractivity contribution is 9.10. The van der Waals surface area contributed by atoms with Crippen LogP contribution in [0.1, 0.15) is 43.0 Å². The molecule has 1 aromatic heterocycles. The van der Waals surface area contributed by atoms with Crippen molar-refractivity contribution in [2.45, 2.75) is 38.7 Å². The molecule has 0 aliphatic rings. The zero-order valence-corrected chi connectivity index (χ0v) is 13.9. The van der Waals surface area contributed by atoms with Crippen LogP contribution in [0.5, 0.6) is 0 Å². The molecule has 3 nitrogen and oxygen atoms in total. The van der Waals surface area contributed by atoms with E-state index in [4.69, 9.17) is 0 Å². The molecule has 1 heterocycles. The smallest absolute Gasteiger partial charge is 0.124 e. The van der Waals surface area contributed by atoms with Crippen molar-refractivity contribution in [2.24, 2.45) is 0 Å². The molecule has 1 aromatic carbocycles. The maximum Gasteiger partial charge on any atom is 0.124 e. The number of halogens is 2. The fraction of sp³-hybridized carbons (Fsp3) is 0.429. The molecule has 0 saturated carbocycles. The van der Waals surface area contributed by atoms with Gasteiger partial charge < -0.3 is 5.11 Å². The van der Waals surface area contributed by atoms with Crippen molar-refractivity contribution in [2.75, 3.05) is 0 Å². The fourth-order valence-electron chi connectivity index (χ4n) is 1.98. The standard InChI is InChI=1S/C14H16BrFN2OS/c1-14(2,3)13-12(20-18-17-13)11(19)6-8-4-9(15)7-10(16)5-8/h4-5,7,11,19H,6H2,1-3H3. The second kappa shape index (κ2) is 5.87. The van der Waals surface area contributed by atoms with Gasteiger partial charge in [-0.05, 0) is 35.3 Å². The largest absolute Gasteiger partial charge is 0.387 e. The molecule has 1 N–H and O–H groups in total. The van der Waals surface area contributed by atoms with Crippen LogP contribution in [0.15, 0.2) is 22.7 Å². The Balaban J connectivity index is 2.24. The molecular formula is C14H16BrFN2OS. The Kier molecular flexibility index (Phi) is 4.56. The van der Waals surface area contributed by atoms with E-state index in [1.54, 1.807) is 6.07 Å². The zero-order valence-electron chi connectivity index (χ0n) is 11.5. The average molecular weight is 359 g/mol. The van der Waals surface area contributed by atoms with Gasteiger partial charge in [0.15, 0.2) is 0 Å². The van der Waals surface area contributed by atoms with E-state index in [-0.39, 0.29) is 11.2 Å². The van der Waals surface area contributed by atoms with Crippen LogP contribution in [-0.2, 0) is 11.8 Å². The van der Waals surface area contributed by atoms with Crippen LogP contribution in [0.2, 0.25) is 0 Å². The monoisotopic (exact) mass is 358 g/mol. The molecule has 2 rings (SSSR count). The van der Waals surface area contributed by atoms with Gasteiger partial charge >= 0.3 is 0 Å². The van der Waals surface area contributed by atoms with Crippen LogP contribution >= 0.6 is 27.5 Å². The predicted octanol–water partition coefficient (Wildman–Crippen LogP) is 4.01. The van der Waals surface area contributed by atoms with E-state index in [0.717, 1.165) is 16.1 Å². The lowest BCUT2D eigenvalue weighted by molar-refractivity contribution is 0.179. The summed E-state index contributed by atoms with van der Waals surface area (Å²) in [5, 5.41) is 14.5. The van der Waals surface area contributed by atoms with Gasteiger partial charge in [-0.25, -0.2) is 4.39 Å². The van der Waals surface area contributed by atoms with E-state index in [0.29, 0.717) is 10.9 Å². The zero-order chi connectivity index (χ0) is 14.9. The Labute approximate surface area is 130 Å². The summed E-state index contributed by atoms with van der Waals surface area (Å²) in [5.74, 6) is -0.319. The topological polar surface area (TPSA) is 46.0 Å². The minimum absolute atomic E-state index is 0.175. The SMILES string of the molecule is CC(C)(C)c1nnsc1C(O)Cc1cc(F)cc(Br)c1. The third kappa shape index (κ3) is 3.62. The van der Waals surface area contributed by atoms with Gasteiger partial charge in [-0.3, -0.25) is 0 Å². The summed E-state index contributed by atoms with van der Waals surface area (Å²) in [6, 6.07) is 4.63. The summed E-state index contributed by atoms with van der Waals surface area (Å²) in [6.07, 6.45) is -0.388. The van der Waals surface area contributed by atoms with Gasteiger partial charge in [0.2, 0.25) is 0 Å². The quantitative estimate of drug-likeness (QED) is 0.901. The number of benzene rings is 1. The van der Waals surface area contributed by atoms with Gasteiger partial charge in [0.1, 0.15) is 5.82 Å². The predicted molar refractivity (Wildman–Crippen MR) is 81.4 cm³/mol. The third-order valence-electron chi connectivity index (χ3n) is 2.88. The summed E-state index contributed by atoms with van der Waals surface area (Å²) in [6.45, 7) is 6.08. The van der Waals surface area contributed by atoms with Gasteiger partial charge in [0.25, 0.3) is 0 Å². The first kappa shape index (κ1) is 15.5. The molecule has 1 unspecified atom stereocenters. The molecule has 0 aliphatic heterocycles. The van der Waals surface area contributed by atoms with Gasteiger partial charge in [0, 0.05) is 16.3 Å². The van der Waals surface area contributed by atoms with E-state index in [2.05, 4.69) is 25.5 Å². The number of rotatable bonds is 3. The summed E-state index contributed by atoms with van der Waals surface area (Å²) in [4.78, 5) is 0.748. The Morgan fingerprint density at radius 2 is 2.05 bits per heavy atom. The molecule has 0 spiro atoms. The number of hydrogen-bond acceptors (Lipinski definition) is 4. The second-order valence-electron chi connectivity index (χ2n) is 5.73. The van der Waals surface area contributed by atoms with Crippen molar-refractivity contribution < 1.29 is 9.50 Å². The van der Waals surface area contributed by atoms with Crippen LogP contribution < -0.4 is 0 Å². The third-order valence-corrected chi connectivity index (χ3v) is 4.16. The summed E-state index contributed by atoms with van der Waals surface area (Å²) < 4.78 is 18.0. The lowest BCUT2D eigenvalue weighted by Gasteiger charge is -2.19. The van der Waals surface area contributed by atoms with Crippen LogP contribution in [-0.4, -0.2) is 14.7 Å². The lowest BCUT2D eigenvalue weighted by Crippen LogP contribution is -2.16. The van der Waals surface area contributed by atoms with E-state index in [1.807, 2.05) is 20.8 Å². The minimum Gasteiger partial charge on any atom is -0.387 e. The molecule has 0 saturated heterocycles. The summed E-state index contributed by atoms with van der Waals surface area (Å²) in [5.41, 5.74) is 1.36. The normalized spacial score (nSPS) is 13.5. The maximum atomic E-state index is 13.4. The Morgan fingerprint density at radius 3 is 2.65 bits per heavy atom. The molecule has 6 heteroatoms. The van der Waals surface area contributed by atoms with Crippen molar-refractivity contribution in [1.29, 1.82) is 0 Å². The molecule has 108 valence electrons. The maximum absolute atomic E-state index is 13.4. The molecule has 20 heavy (non-hydrogen) atoms. The fourth-order valence-corrected chi connectivity index (χ4v) is 3.34. The molecule has 0 aliphatic carbocycles. The highest BCUT2D eigenvalue weighted by Gasteiger charge is 2.26. The number of aromatic nitrogens is 2. The van der Waals surface area contributed by atoms with Crippen molar-refractivity contribution in [3.63, 3.8) is 0 Å². The van der Waals surface area contributed by atoms with Crippen LogP contribution in [0, 0.1) is 5.82 Å². The van der Waals surface area contributed by atoms with Gasteiger partial charge in [-0.2, -0.15) is 0 Å². The van der Waals surface area contributed by atoms with Gasteiger partial charge in [-0.15, -0.1) is 5.10 Å². The Hall–Kier alpha value is -0.850. The highest BCUT2D eigenvalue weighted by atomic mass is 79.9. The van der Waals surface area contributed by atoms with E-state index >= 15 is 0 Å². The molecule has 0 bridgehead atoms.